The minimum atomic E-state index is -1.49. The molecule has 0 fully saturated rings. The van der Waals surface area contributed by atoms with Crippen molar-refractivity contribution in [3.8, 4) is 0 Å². The SMILES string of the molecule is CC(C)C[C@H](NC(=O)[C@@H](NC(=O)[C@H](C)NC(=O)[C@H](C)N)C(C)C)C(=O)N[C@@H](CC(N)=O)C(=O)N[C@@H](C)C(=O)O. The van der Waals surface area contributed by atoms with Gasteiger partial charge in [0, 0.05) is 0 Å². The van der Waals surface area contributed by atoms with Crippen LogP contribution in [0.2, 0.25) is 0 Å². The Morgan fingerprint density at radius 1 is 0.641 bits per heavy atom. The lowest BCUT2D eigenvalue weighted by atomic mass is 9.99. The molecular weight excluding hydrogens is 514 g/mol. The monoisotopic (exact) mass is 557 g/mol. The molecule has 0 saturated carbocycles. The first-order chi connectivity index (χ1) is 17.9. The van der Waals surface area contributed by atoms with Crippen molar-refractivity contribution >= 4 is 41.4 Å². The van der Waals surface area contributed by atoms with Crippen LogP contribution in [0.3, 0.4) is 0 Å². The minimum absolute atomic E-state index is 0.0999. The van der Waals surface area contributed by atoms with E-state index < -0.39 is 90.0 Å². The van der Waals surface area contributed by atoms with E-state index in [1.54, 1.807) is 27.7 Å². The minimum Gasteiger partial charge on any atom is -0.480 e. The number of nitrogens with two attached hydrogens (primary N) is 2. The smallest absolute Gasteiger partial charge is 0.325 e. The van der Waals surface area contributed by atoms with Gasteiger partial charge in [-0.2, -0.15) is 0 Å². The number of amides is 6. The fourth-order valence-electron chi connectivity index (χ4n) is 3.25. The number of rotatable bonds is 16. The van der Waals surface area contributed by atoms with Crippen molar-refractivity contribution in [1.29, 1.82) is 0 Å². The number of hydrogen-bond donors (Lipinski definition) is 8. The average Bonchev–Trinajstić information content (AvgIpc) is 2.79. The lowest BCUT2D eigenvalue weighted by Crippen LogP contribution is -2.60. The van der Waals surface area contributed by atoms with Crippen LogP contribution in [0.25, 0.3) is 0 Å². The Balaban J connectivity index is 5.71. The van der Waals surface area contributed by atoms with Crippen LogP contribution in [0.15, 0.2) is 0 Å². The maximum absolute atomic E-state index is 13.2. The fraction of sp³-hybridized carbons (Fsp3) is 0.708. The highest BCUT2D eigenvalue weighted by atomic mass is 16.4. The number of carbonyl (C=O) groups excluding carboxylic acids is 6. The highest BCUT2D eigenvalue weighted by Gasteiger charge is 2.33. The van der Waals surface area contributed by atoms with E-state index in [-0.39, 0.29) is 12.3 Å². The molecule has 6 amide bonds. The number of nitrogens with one attached hydrogen (secondary N) is 5. The highest BCUT2D eigenvalue weighted by molar-refractivity contribution is 5.97. The van der Waals surface area contributed by atoms with E-state index in [1.165, 1.54) is 20.8 Å². The molecule has 0 aromatic rings. The van der Waals surface area contributed by atoms with Crippen molar-refractivity contribution in [2.45, 2.75) is 97.6 Å². The van der Waals surface area contributed by atoms with E-state index in [0.717, 1.165) is 0 Å². The Bertz CT molecular complexity index is 922. The summed E-state index contributed by atoms with van der Waals surface area (Å²) in [6.45, 7) is 11.0. The molecular formula is C24H43N7O8. The third-order valence-electron chi connectivity index (χ3n) is 5.52. The zero-order chi connectivity index (χ0) is 30.6. The zero-order valence-electron chi connectivity index (χ0n) is 23.5. The van der Waals surface area contributed by atoms with E-state index in [0.29, 0.717) is 0 Å². The maximum Gasteiger partial charge on any atom is 0.325 e. The van der Waals surface area contributed by atoms with Gasteiger partial charge in [0.15, 0.2) is 0 Å². The molecule has 0 heterocycles. The summed E-state index contributed by atoms with van der Waals surface area (Å²) < 4.78 is 0. The first kappa shape index (κ1) is 35.2. The lowest BCUT2D eigenvalue weighted by molar-refractivity contribution is -0.142. The fourth-order valence-corrected chi connectivity index (χ4v) is 3.25. The zero-order valence-corrected chi connectivity index (χ0v) is 23.5. The number of carboxylic acid groups (broad SMARTS) is 1. The molecule has 0 rings (SSSR count). The molecule has 0 bridgehead atoms. The predicted molar refractivity (Wildman–Crippen MR) is 140 cm³/mol. The summed E-state index contributed by atoms with van der Waals surface area (Å²) in [4.78, 5) is 85.8. The average molecular weight is 558 g/mol. The van der Waals surface area contributed by atoms with Crippen LogP contribution in [-0.2, 0) is 33.6 Å². The van der Waals surface area contributed by atoms with Crippen molar-refractivity contribution in [3.05, 3.63) is 0 Å². The van der Waals surface area contributed by atoms with Crippen LogP contribution in [0.5, 0.6) is 0 Å². The number of hydrogen-bond acceptors (Lipinski definition) is 8. The Morgan fingerprint density at radius 3 is 1.56 bits per heavy atom. The standard InChI is InChI=1S/C24H43N7O8/c1-10(2)8-15(22(36)29-16(9-17(26)32)21(35)28-14(7)24(38)39)30-23(37)18(11(3)4)31-20(34)13(6)27-19(33)12(5)25/h10-16,18H,8-9,25H2,1-7H3,(H2,26,32)(H,27,33)(H,28,35)(H,29,36)(H,30,37)(H,31,34)(H,38,39)/t12-,13-,14-,15-,16-,18-/m0/s1. The van der Waals surface area contributed by atoms with E-state index in [4.69, 9.17) is 16.6 Å². The van der Waals surface area contributed by atoms with Gasteiger partial charge in [0.2, 0.25) is 35.4 Å². The third kappa shape index (κ3) is 13.0. The largest absolute Gasteiger partial charge is 0.480 e. The third-order valence-corrected chi connectivity index (χ3v) is 5.52. The van der Waals surface area contributed by atoms with E-state index in [1.807, 2.05) is 0 Å². The molecule has 0 aromatic carbocycles. The topological polar surface area (TPSA) is 252 Å². The molecule has 0 spiro atoms. The van der Waals surface area contributed by atoms with E-state index in [9.17, 15) is 33.6 Å². The lowest BCUT2D eigenvalue weighted by Gasteiger charge is -2.28. The molecule has 0 aromatic heterocycles. The number of aliphatic carboxylic acids is 1. The molecule has 0 saturated heterocycles. The molecule has 0 aliphatic heterocycles. The van der Waals surface area contributed by atoms with Gasteiger partial charge in [-0.25, -0.2) is 0 Å². The predicted octanol–water partition coefficient (Wildman–Crippen LogP) is -2.54. The van der Waals surface area contributed by atoms with Crippen molar-refractivity contribution < 1.29 is 38.7 Å². The van der Waals surface area contributed by atoms with Crippen LogP contribution in [-0.4, -0.2) is 82.8 Å². The molecule has 15 nitrogen and oxygen atoms in total. The van der Waals surface area contributed by atoms with Crippen molar-refractivity contribution in [3.63, 3.8) is 0 Å². The summed E-state index contributed by atoms with van der Waals surface area (Å²) >= 11 is 0. The molecule has 0 radical (unpaired) electrons. The van der Waals surface area contributed by atoms with Gasteiger partial charge in [-0.1, -0.05) is 27.7 Å². The van der Waals surface area contributed by atoms with Crippen LogP contribution < -0.4 is 38.1 Å². The van der Waals surface area contributed by atoms with Gasteiger partial charge in [-0.15, -0.1) is 0 Å². The summed E-state index contributed by atoms with van der Waals surface area (Å²) in [7, 11) is 0. The van der Waals surface area contributed by atoms with Gasteiger partial charge >= 0.3 is 5.97 Å². The van der Waals surface area contributed by atoms with Crippen molar-refractivity contribution in [2.24, 2.45) is 23.3 Å². The van der Waals surface area contributed by atoms with Crippen LogP contribution >= 0.6 is 0 Å². The molecule has 0 unspecified atom stereocenters. The second kappa shape index (κ2) is 16.3. The second-order valence-electron chi connectivity index (χ2n) is 10.2. The van der Waals surface area contributed by atoms with Crippen LogP contribution in [0.4, 0.5) is 0 Å². The molecule has 10 N–H and O–H groups in total. The summed E-state index contributed by atoms with van der Waals surface area (Å²) in [5, 5.41) is 21.1. The summed E-state index contributed by atoms with van der Waals surface area (Å²) in [6.07, 6.45) is -0.477. The normalized spacial score (nSPS) is 15.6. The van der Waals surface area contributed by atoms with Crippen molar-refractivity contribution in [2.75, 3.05) is 0 Å². The Hall–Kier alpha value is -3.75. The van der Waals surface area contributed by atoms with Crippen LogP contribution in [0.1, 0.15) is 61.3 Å². The number of carbonyl (C=O) groups is 7. The van der Waals surface area contributed by atoms with Gasteiger partial charge in [0.25, 0.3) is 0 Å². The van der Waals surface area contributed by atoms with Gasteiger partial charge in [-0.3, -0.25) is 33.6 Å². The first-order valence-electron chi connectivity index (χ1n) is 12.7. The summed E-state index contributed by atoms with van der Waals surface area (Å²) in [5.74, 6) is -6.41. The first-order valence-corrected chi connectivity index (χ1v) is 12.7. The van der Waals surface area contributed by atoms with E-state index >= 15 is 0 Å². The Labute approximate surface area is 227 Å². The van der Waals surface area contributed by atoms with E-state index in [2.05, 4.69) is 26.6 Å². The van der Waals surface area contributed by atoms with Gasteiger partial charge < -0.3 is 43.2 Å². The number of carboxylic acids is 1. The molecule has 15 heteroatoms. The molecule has 0 aliphatic rings. The quantitative estimate of drug-likeness (QED) is 0.0993. The van der Waals surface area contributed by atoms with Crippen LogP contribution in [0, 0.1) is 11.8 Å². The molecule has 6 atom stereocenters. The van der Waals surface area contributed by atoms with Gasteiger partial charge in [-0.05, 0) is 39.0 Å². The number of primary amides is 1. The summed E-state index contributed by atoms with van der Waals surface area (Å²) in [6, 6.07) is -6.88. The Morgan fingerprint density at radius 2 is 1.13 bits per heavy atom. The molecule has 0 aliphatic carbocycles. The second-order valence-corrected chi connectivity index (χ2v) is 10.2. The summed E-state index contributed by atoms with van der Waals surface area (Å²) in [5.41, 5.74) is 10.7. The maximum atomic E-state index is 13.2. The van der Waals surface area contributed by atoms with Crippen molar-refractivity contribution in [1.82, 2.24) is 26.6 Å². The highest BCUT2D eigenvalue weighted by Crippen LogP contribution is 2.09. The molecule has 222 valence electrons. The van der Waals surface area contributed by atoms with Gasteiger partial charge in [0.1, 0.15) is 30.2 Å². The Kier molecular flexibility index (Phi) is 14.7. The molecule has 39 heavy (non-hydrogen) atoms. The van der Waals surface area contributed by atoms with Gasteiger partial charge in [0.05, 0.1) is 12.5 Å².